The number of nitrogens with zero attached hydrogens (tertiary/aromatic N) is 3. The molecule has 2 amide bonds. The van der Waals surface area contributed by atoms with Crippen LogP contribution in [0.15, 0.2) is 72.4 Å². The summed E-state index contributed by atoms with van der Waals surface area (Å²) in [5, 5.41) is 14.9. The van der Waals surface area contributed by atoms with E-state index in [4.69, 9.17) is 0 Å². The lowest BCUT2D eigenvalue weighted by molar-refractivity contribution is -0.119. The lowest BCUT2D eigenvalue weighted by Crippen LogP contribution is -2.28. The number of hydrogen-bond acceptors (Lipinski definition) is 5. The third kappa shape index (κ3) is 6.31. The highest BCUT2D eigenvalue weighted by Gasteiger charge is 2.16. The van der Waals surface area contributed by atoms with Crippen LogP contribution < -0.4 is 10.6 Å². The Hall–Kier alpha value is -3.39. The minimum Gasteiger partial charge on any atom is -0.349 e. The van der Waals surface area contributed by atoms with Crippen LogP contribution in [0.2, 0.25) is 0 Å². The average molecular weight is 450 g/mol. The van der Waals surface area contributed by atoms with E-state index in [9.17, 15) is 9.59 Å². The number of amides is 2. The fourth-order valence-electron chi connectivity index (χ4n) is 3.15. The van der Waals surface area contributed by atoms with Gasteiger partial charge in [-0.05, 0) is 31.5 Å². The van der Waals surface area contributed by atoms with E-state index in [0.717, 1.165) is 11.1 Å². The molecule has 2 N–H and O–H groups in total. The fourth-order valence-corrected chi connectivity index (χ4v) is 3.93. The molecule has 1 atom stereocenters. The summed E-state index contributed by atoms with van der Waals surface area (Å²) >= 11 is 1.30. The Labute approximate surface area is 192 Å². The van der Waals surface area contributed by atoms with Gasteiger partial charge in [0.15, 0.2) is 11.0 Å². The zero-order chi connectivity index (χ0) is 22.9. The molecule has 0 radical (unpaired) electrons. The predicted molar refractivity (Wildman–Crippen MR) is 126 cm³/mol. The second-order valence-electron chi connectivity index (χ2n) is 7.34. The van der Waals surface area contributed by atoms with Crippen molar-refractivity contribution >= 4 is 23.6 Å². The molecule has 0 aliphatic carbocycles. The fraction of sp³-hybridized carbons (Fsp3) is 0.250. The Morgan fingerprint density at radius 3 is 2.66 bits per heavy atom. The van der Waals surface area contributed by atoms with E-state index >= 15 is 0 Å². The number of rotatable bonds is 10. The smallest absolute Gasteiger partial charge is 0.251 e. The first kappa shape index (κ1) is 23.3. The Balaban J connectivity index is 1.58. The van der Waals surface area contributed by atoms with Crippen molar-refractivity contribution in [3.05, 3.63) is 89.8 Å². The summed E-state index contributed by atoms with van der Waals surface area (Å²) in [6.07, 6.45) is 1.73. The first-order chi connectivity index (χ1) is 15.5. The Morgan fingerprint density at radius 1 is 1.16 bits per heavy atom. The molecule has 0 aliphatic rings. The monoisotopic (exact) mass is 449 g/mol. The normalized spacial score (nSPS) is 11.6. The maximum atomic E-state index is 12.4. The zero-order valence-corrected chi connectivity index (χ0v) is 19.1. The molecular formula is C24H27N5O2S. The second-order valence-corrected chi connectivity index (χ2v) is 8.28. The number of carbonyl (C=O) groups excluding carboxylic acids is 2. The van der Waals surface area contributed by atoms with Gasteiger partial charge in [-0.25, -0.2) is 0 Å². The zero-order valence-electron chi connectivity index (χ0n) is 18.2. The van der Waals surface area contributed by atoms with Crippen molar-refractivity contribution in [3.8, 4) is 0 Å². The van der Waals surface area contributed by atoms with Gasteiger partial charge in [0.05, 0.1) is 18.3 Å². The third-order valence-electron chi connectivity index (χ3n) is 4.80. The largest absolute Gasteiger partial charge is 0.349 e. The number of allylic oxidation sites excluding steroid dienone is 1. The maximum absolute atomic E-state index is 12.4. The molecule has 32 heavy (non-hydrogen) atoms. The van der Waals surface area contributed by atoms with E-state index < -0.39 is 0 Å². The van der Waals surface area contributed by atoms with Crippen molar-refractivity contribution < 1.29 is 9.59 Å². The van der Waals surface area contributed by atoms with Gasteiger partial charge in [0.1, 0.15) is 0 Å². The molecule has 8 heteroatoms. The molecule has 7 nitrogen and oxygen atoms in total. The van der Waals surface area contributed by atoms with E-state index in [1.807, 2.05) is 66.9 Å². The summed E-state index contributed by atoms with van der Waals surface area (Å²) in [4.78, 5) is 24.8. The number of hydrogen-bond donors (Lipinski definition) is 2. The molecule has 0 unspecified atom stereocenters. The number of aromatic nitrogens is 3. The topological polar surface area (TPSA) is 88.9 Å². The SMILES string of the molecule is C=CCn1c(CNC(=O)c2cccc(C)c2)nnc1SCC(=O)N[C@@H](C)c1ccccc1. The lowest BCUT2D eigenvalue weighted by Gasteiger charge is -2.14. The highest BCUT2D eigenvalue weighted by atomic mass is 32.2. The van der Waals surface area contributed by atoms with Crippen LogP contribution in [0.3, 0.4) is 0 Å². The van der Waals surface area contributed by atoms with Gasteiger partial charge in [0.2, 0.25) is 5.91 Å². The van der Waals surface area contributed by atoms with Gasteiger partial charge >= 0.3 is 0 Å². The first-order valence-corrected chi connectivity index (χ1v) is 11.3. The van der Waals surface area contributed by atoms with Gasteiger partial charge in [-0.15, -0.1) is 16.8 Å². The van der Waals surface area contributed by atoms with Crippen LogP contribution >= 0.6 is 11.8 Å². The Morgan fingerprint density at radius 2 is 1.94 bits per heavy atom. The van der Waals surface area contributed by atoms with E-state index in [1.54, 1.807) is 12.1 Å². The van der Waals surface area contributed by atoms with E-state index in [1.165, 1.54) is 11.8 Å². The molecule has 0 aliphatic heterocycles. The molecule has 0 bridgehead atoms. The number of carbonyl (C=O) groups is 2. The Kier molecular flexibility index (Phi) is 8.21. The predicted octanol–water partition coefficient (Wildman–Crippen LogP) is 3.67. The van der Waals surface area contributed by atoms with Crippen molar-refractivity contribution in [2.45, 2.75) is 38.1 Å². The van der Waals surface area contributed by atoms with Crippen molar-refractivity contribution in [2.24, 2.45) is 0 Å². The quantitative estimate of drug-likeness (QED) is 0.364. The van der Waals surface area contributed by atoms with E-state index in [0.29, 0.717) is 23.1 Å². The third-order valence-corrected chi connectivity index (χ3v) is 5.77. The number of aryl methyl sites for hydroxylation is 1. The molecule has 166 valence electrons. The number of nitrogens with one attached hydrogen (secondary N) is 2. The van der Waals surface area contributed by atoms with Crippen LogP contribution in [-0.2, 0) is 17.9 Å². The van der Waals surface area contributed by atoms with Crippen molar-refractivity contribution in [2.75, 3.05) is 5.75 Å². The van der Waals surface area contributed by atoms with Crippen LogP contribution in [0.5, 0.6) is 0 Å². The number of benzene rings is 2. The van der Waals surface area contributed by atoms with Gasteiger partial charge in [-0.1, -0.05) is 65.9 Å². The van der Waals surface area contributed by atoms with Gasteiger partial charge in [0.25, 0.3) is 5.91 Å². The molecule has 1 heterocycles. The van der Waals surface area contributed by atoms with Crippen LogP contribution in [0.4, 0.5) is 0 Å². The molecular weight excluding hydrogens is 422 g/mol. The summed E-state index contributed by atoms with van der Waals surface area (Å²) < 4.78 is 1.85. The van der Waals surface area contributed by atoms with Crippen molar-refractivity contribution in [3.63, 3.8) is 0 Å². The minimum atomic E-state index is -0.176. The lowest BCUT2D eigenvalue weighted by atomic mass is 10.1. The second kappa shape index (κ2) is 11.3. The summed E-state index contributed by atoms with van der Waals surface area (Å²) in [5.74, 6) is 0.549. The van der Waals surface area contributed by atoms with Crippen LogP contribution in [0.1, 0.15) is 40.3 Å². The summed E-state index contributed by atoms with van der Waals surface area (Å²) in [6.45, 7) is 8.39. The molecule has 0 fully saturated rings. The minimum absolute atomic E-state index is 0.0808. The molecule has 3 aromatic rings. The molecule has 3 rings (SSSR count). The molecule has 2 aromatic carbocycles. The Bertz CT molecular complexity index is 1080. The van der Waals surface area contributed by atoms with Crippen LogP contribution in [0.25, 0.3) is 0 Å². The number of thioether (sulfide) groups is 1. The highest BCUT2D eigenvalue weighted by Crippen LogP contribution is 2.18. The van der Waals surface area contributed by atoms with E-state index in [2.05, 4.69) is 27.4 Å². The molecule has 1 aromatic heterocycles. The van der Waals surface area contributed by atoms with Crippen LogP contribution in [-0.4, -0.2) is 32.3 Å². The first-order valence-electron chi connectivity index (χ1n) is 10.3. The molecule has 0 saturated carbocycles. The van der Waals surface area contributed by atoms with E-state index in [-0.39, 0.29) is 30.2 Å². The molecule has 0 spiro atoms. The van der Waals surface area contributed by atoms with Gasteiger partial charge in [-0.3, -0.25) is 9.59 Å². The molecule has 0 saturated heterocycles. The van der Waals surface area contributed by atoms with Gasteiger partial charge < -0.3 is 15.2 Å². The highest BCUT2D eigenvalue weighted by molar-refractivity contribution is 7.99. The van der Waals surface area contributed by atoms with Crippen LogP contribution in [0, 0.1) is 6.92 Å². The summed E-state index contributed by atoms with van der Waals surface area (Å²) in [7, 11) is 0. The standard InChI is InChI=1S/C24H27N5O2S/c1-4-13-29-21(15-25-23(31)20-12-8-9-17(2)14-20)27-28-24(29)32-16-22(30)26-18(3)19-10-6-5-7-11-19/h4-12,14,18H,1,13,15-16H2,2-3H3,(H,25,31)(H,26,30)/t18-/m0/s1. The summed E-state index contributed by atoms with van der Waals surface area (Å²) in [6, 6.07) is 17.1. The average Bonchev–Trinajstić information content (AvgIpc) is 3.18. The maximum Gasteiger partial charge on any atom is 0.251 e. The van der Waals surface area contributed by atoms with Gasteiger partial charge in [-0.2, -0.15) is 0 Å². The summed E-state index contributed by atoms with van der Waals surface area (Å²) in [5.41, 5.74) is 2.66. The van der Waals surface area contributed by atoms with Crippen molar-refractivity contribution in [1.82, 2.24) is 25.4 Å². The van der Waals surface area contributed by atoms with Gasteiger partial charge in [0, 0.05) is 12.1 Å². The van der Waals surface area contributed by atoms with Crippen molar-refractivity contribution in [1.29, 1.82) is 0 Å².